The number of carbonyl (C=O) groups excluding carboxylic acids is 2. The summed E-state index contributed by atoms with van der Waals surface area (Å²) in [7, 11) is 0. The van der Waals surface area contributed by atoms with Gasteiger partial charge in [-0.2, -0.15) is 0 Å². The molecular formula is C21H33N5O3. The number of hydrogen-bond acceptors (Lipinski definition) is 6. The maximum atomic E-state index is 13.1. The number of piperazine rings is 1. The Morgan fingerprint density at radius 1 is 1.00 bits per heavy atom. The highest BCUT2D eigenvalue weighted by molar-refractivity contribution is 5.80. The molecule has 3 rings (SSSR count). The summed E-state index contributed by atoms with van der Waals surface area (Å²) in [5.74, 6) is 0.832. The minimum Gasteiger partial charge on any atom is -0.444 e. The number of aryl methyl sites for hydroxylation is 2. The van der Waals surface area contributed by atoms with Crippen LogP contribution in [-0.2, 0) is 9.53 Å². The van der Waals surface area contributed by atoms with E-state index in [2.05, 4.69) is 14.9 Å². The standard InChI is InChI=1S/C21H33N5O3/c1-15-13-16(2)23-19(22-15)26-8-6-7-17(14-26)18(27)24-9-11-25(12-10-24)20(28)29-21(3,4)5/h13,17H,6-12,14H2,1-5H3/t17-/m1/s1. The third-order valence-corrected chi connectivity index (χ3v) is 5.27. The molecule has 2 saturated heterocycles. The van der Waals surface area contributed by atoms with Crippen LogP contribution in [0.5, 0.6) is 0 Å². The number of piperidine rings is 1. The molecule has 0 saturated carbocycles. The third-order valence-electron chi connectivity index (χ3n) is 5.27. The number of amides is 2. The highest BCUT2D eigenvalue weighted by Gasteiger charge is 2.33. The molecule has 0 spiro atoms. The lowest BCUT2D eigenvalue weighted by molar-refractivity contribution is -0.137. The molecule has 2 amide bonds. The highest BCUT2D eigenvalue weighted by Crippen LogP contribution is 2.23. The van der Waals surface area contributed by atoms with Crippen molar-refractivity contribution in [3.8, 4) is 0 Å². The molecule has 29 heavy (non-hydrogen) atoms. The first-order valence-corrected chi connectivity index (χ1v) is 10.5. The zero-order chi connectivity index (χ0) is 21.2. The summed E-state index contributed by atoms with van der Waals surface area (Å²) in [6.07, 6.45) is 1.53. The predicted molar refractivity (Wildman–Crippen MR) is 111 cm³/mol. The van der Waals surface area contributed by atoms with Gasteiger partial charge in [0.05, 0.1) is 5.92 Å². The van der Waals surface area contributed by atoms with Crippen LogP contribution in [0, 0.1) is 19.8 Å². The highest BCUT2D eigenvalue weighted by atomic mass is 16.6. The first kappa shape index (κ1) is 21.3. The summed E-state index contributed by atoms with van der Waals surface area (Å²) in [6.45, 7) is 13.2. The van der Waals surface area contributed by atoms with Gasteiger partial charge in [-0.25, -0.2) is 14.8 Å². The van der Waals surface area contributed by atoms with Crippen LogP contribution < -0.4 is 4.90 Å². The van der Waals surface area contributed by atoms with Crippen molar-refractivity contribution in [3.63, 3.8) is 0 Å². The van der Waals surface area contributed by atoms with Crippen molar-refractivity contribution >= 4 is 17.9 Å². The molecule has 1 aromatic heterocycles. The van der Waals surface area contributed by atoms with E-state index in [1.165, 1.54) is 0 Å². The summed E-state index contributed by atoms with van der Waals surface area (Å²) in [5, 5.41) is 0. The zero-order valence-electron chi connectivity index (χ0n) is 18.3. The minimum absolute atomic E-state index is 0.0544. The van der Waals surface area contributed by atoms with Crippen molar-refractivity contribution in [3.05, 3.63) is 17.5 Å². The Bertz CT molecular complexity index is 733. The van der Waals surface area contributed by atoms with Gasteiger partial charge < -0.3 is 19.4 Å². The molecule has 0 N–H and O–H groups in total. The lowest BCUT2D eigenvalue weighted by Gasteiger charge is -2.39. The van der Waals surface area contributed by atoms with Crippen molar-refractivity contribution in [2.45, 2.75) is 53.1 Å². The van der Waals surface area contributed by atoms with Gasteiger partial charge in [-0.1, -0.05) is 0 Å². The number of ether oxygens (including phenoxy) is 1. The molecule has 0 radical (unpaired) electrons. The topological polar surface area (TPSA) is 78.9 Å². The average molecular weight is 404 g/mol. The number of nitrogens with zero attached hydrogens (tertiary/aromatic N) is 5. The first-order chi connectivity index (χ1) is 13.6. The molecular weight excluding hydrogens is 370 g/mol. The molecule has 0 aromatic carbocycles. The Hall–Kier alpha value is -2.38. The molecule has 1 atom stereocenters. The minimum atomic E-state index is -0.508. The van der Waals surface area contributed by atoms with Crippen LogP contribution in [0.1, 0.15) is 45.0 Å². The molecule has 160 valence electrons. The Morgan fingerprint density at radius 3 is 2.17 bits per heavy atom. The molecule has 2 fully saturated rings. The van der Waals surface area contributed by atoms with Gasteiger partial charge in [0.2, 0.25) is 11.9 Å². The SMILES string of the molecule is Cc1cc(C)nc(N2CCC[C@@H](C(=O)N3CCN(C(=O)OC(C)(C)C)CC3)C2)n1. The quantitative estimate of drug-likeness (QED) is 0.754. The van der Waals surface area contributed by atoms with E-state index in [-0.39, 0.29) is 17.9 Å². The van der Waals surface area contributed by atoms with Crippen LogP contribution >= 0.6 is 0 Å². The van der Waals surface area contributed by atoms with Crippen molar-refractivity contribution in [1.29, 1.82) is 0 Å². The van der Waals surface area contributed by atoms with Crippen LogP contribution in [0.2, 0.25) is 0 Å². The molecule has 8 nitrogen and oxygen atoms in total. The van der Waals surface area contributed by atoms with Crippen LogP contribution in [0.15, 0.2) is 6.07 Å². The van der Waals surface area contributed by atoms with E-state index in [1.54, 1.807) is 4.90 Å². The fourth-order valence-corrected chi connectivity index (χ4v) is 3.90. The second-order valence-corrected chi connectivity index (χ2v) is 9.03. The molecule has 2 aliphatic rings. The van der Waals surface area contributed by atoms with E-state index in [0.717, 1.165) is 36.7 Å². The predicted octanol–water partition coefficient (Wildman–Crippen LogP) is 2.39. The van der Waals surface area contributed by atoms with Gasteiger partial charge >= 0.3 is 6.09 Å². The van der Waals surface area contributed by atoms with Crippen molar-refractivity contribution in [1.82, 2.24) is 19.8 Å². The van der Waals surface area contributed by atoms with E-state index < -0.39 is 5.60 Å². The van der Waals surface area contributed by atoms with Crippen molar-refractivity contribution in [2.75, 3.05) is 44.2 Å². The summed E-state index contributed by atoms with van der Waals surface area (Å²) in [6, 6.07) is 1.96. The molecule has 2 aliphatic heterocycles. The van der Waals surface area contributed by atoms with E-state index in [0.29, 0.717) is 32.7 Å². The number of anilines is 1. The van der Waals surface area contributed by atoms with Crippen molar-refractivity contribution < 1.29 is 14.3 Å². The lowest BCUT2D eigenvalue weighted by Crippen LogP contribution is -2.54. The van der Waals surface area contributed by atoms with Crippen LogP contribution in [0.25, 0.3) is 0 Å². The number of rotatable bonds is 2. The average Bonchev–Trinajstić information content (AvgIpc) is 2.65. The Kier molecular flexibility index (Phi) is 6.29. The van der Waals surface area contributed by atoms with Gasteiger partial charge in [0, 0.05) is 50.7 Å². The monoisotopic (exact) mass is 403 g/mol. The fraction of sp³-hybridized carbons (Fsp3) is 0.714. The summed E-state index contributed by atoms with van der Waals surface area (Å²) in [5.41, 5.74) is 1.38. The van der Waals surface area contributed by atoms with E-state index >= 15 is 0 Å². The molecule has 0 bridgehead atoms. The van der Waals surface area contributed by atoms with Crippen LogP contribution in [0.4, 0.5) is 10.7 Å². The largest absolute Gasteiger partial charge is 0.444 e. The molecule has 1 aromatic rings. The Labute approximate surface area is 173 Å². The second-order valence-electron chi connectivity index (χ2n) is 9.03. The van der Waals surface area contributed by atoms with Crippen LogP contribution in [-0.4, -0.2) is 76.6 Å². The number of aromatic nitrogens is 2. The summed E-state index contributed by atoms with van der Waals surface area (Å²) >= 11 is 0. The molecule has 3 heterocycles. The lowest BCUT2D eigenvalue weighted by atomic mass is 9.96. The van der Waals surface area contributed by atoms with Crippen LogP contribution in [0.3, 0.4) is 0 Å². The van der Waals surface area contributed by atoms with Gasteiger partial charge in [0.25, 0.3) is 0 Å². The molecule has 0 unspecified atom stereocenters. The zero-order valence-corrected chi connectivity index (χ0v) is 18.3. The van der Waals surface area contributed by atoms with Crippen molar-refractivity contribution in [2.24, 2.45) is 5.92 Å². The van der Waals surface area contributed by atoms with Gasteiger partial charge in [0.1, 0.15) is 5.60 Å². The normalized spacial score (nSPS) is 20.6. The van der Waals surface area contributed by atoms with Gasteiger partial charge in [0.15, 0.2) is 0 Å². The molecule has 8 heteroatoms. The van der Waals surface area contributed by atoms with E-state index in [9.17, 15) is 9.59 Å². The Balaban J connectivity index is 1.56. The maximum Gasteiger partial charge on any atom is 0.410 e. The van der Waals surface area contributed by atoms with Gasteiger partial charge in [-0.15, -0.1) is 0 Å². The first-order valence-electron chi connectivity index (χ1n) is 10.5. The number of carbonyl (C=O) groups is 2. The summed E-state index contributed by atoms with van der Waals surface area (Å²) < 4.78 is 5.43. The fourth-order valence-electron chi connectivity index (χ4n) is 3.90. The number of hydrogen-bond donors (Lipinski definition) is 0. The van der Waals surface area contributed by atoms with Gasteiger partial charge in [-0.05, 0) is 53.5 Å². The van der Waals surface area contributed by atoms with E-state index in [1.807, 2.05) is 45.6 Å². The maximum absolute atomic E-state index is 13.1. The summed E-state index contributed by atoms with van der Waals surface area (Å²) in [4.78, 5) is 40.1. The van der Waals surface area contributed by atoms with E-state index in [4.69, 9.17) is 4.74 Å². The third kappa shape index (κ3) is 5.58. The van der Waals surface area contributed by atoms with Gasteiger partial charge in [-0.3, -0.25) is 4.79 Å². The second kappa shape index (κ2) is 8.55. The molecule has 0 aliphatic carbocycles. The smallest absolute Gasteiger partial charge is 0.410 e. The Morgan fingerprint density at radius 2 is 1.59 bits per heavy atom.